The standard InChI is InChI=1S/C11H8BrClN2S/c12-8-2-1-5-15-11(8)16-10-6-7(13)3-4-9(10)14/h1-6H,14H2. The van der Waals surface area contributed by atoms with Crippen LogP contribution in [0.1, 0.15) is 0 Å². The number of hydrogen-bond acceptors (Lipinski definition) is 3. The first-order valence-electron chi connectivity index (χ1n) is 4.50. The molecule has 0 atom stereocenters. The van der Waals surface area contributed by atoms with Gasteiger partial charge in [0.1, 0.15) is 5.03 Å². The number of benzene rings is 1. The number of halogens is 2. The van der Waals surface area contributed by atoms with E-state index >= 15 is 0 Å². The van der Waals surface area contributed by atoms with Crippen LogP contribution in [-0.4, -0.2) is 4.98 Å². The van der Waals surface area contributed by atoms with E-state index < -0.39 is 0 Å². The fourth-order valence-corrected chi connectivity index (χ4v) is 2.74. The fourth-order valence-electron chi connectivity index (χ4n) is 1.15. The van der Waals surface area contributed by atoms with Gasteiger partial charge in [0.2, 0.25) is 0 Å². The maximum absolute atomic E-state index is 5.92. The third kappa shape index (κ3) is 2.70. The molecule has 0 amide bonds. The van der Waals surface area contributed by atoms with Gasteiger partial charge in [-0.05, 0) is 46.3 Å². The third-order valence-corrected chi connectivity index (χ3v) is 4.14. The molecule has 1 aromatic carbocycles. The van der Waals surface area contributed by atoms with Gasteiger partial charge in [-0.1, -0.05) is 23.4 Å². The summed E-state index contributed by atoms with van der Waals surface area (Å²) in [6, 6.07) is 9.21. The lowest BCUT2D eigenvalue weighted by Gasteiger charge is -2.06. The third-order valence-electron chi connectivity index (χ3n) is 1.91. The van der Waals surface area contributed by atoms with Crippen molar-refractivity contribution in [2.45, 2.75) is 9.92 Å². The highest BCUT2D eigenvalue weighted by molar-refractivity contribution is 9.10. The Labute approximate surface area is 111 Å². The SMILES string of the molecule is Nc1ccc(Cl)cc1Sc1ncccc1Br. The quantitative estimate of drug-likeness (QED) is 0.843. The van der Waals surface area contributed by atoms with Crippen molar-refractivity contribution in [2.75, 3.05) is 5.73 Å². The lowest BCUT2D eigenvalue weighted by atomic mass is 10.3. The summed E-state index contributed by atoms with van der Waals surface area (Å²) < 4.78 is 0.944. The molecule has 0 radical (unpaired) electrons. The van der Waals surface area contributed by atoms with E-state index in [9.17, 15) is 0 Å². The van der Waals surface area contributed by atoms with Crippen LogP contribution in [0.2, 0.25) is 5.02 Å². The predicted molar refractivity (Wildman–Crippen MR) is 71.9 cm³/mol. The van der Waals surface area contributed by atoms with Crippen LogP contribution in [0, 0.1) is 0 Å². The largest absolute Gasteiger partial charge is 0.398 e. The molecular weight excluding hydrogens is 308 g/mol. The lowest BCUT2D eigenvalue weighted by molar-refractivity contribution is 1.11. The average Bonchev–Trinajstić information content (AvgIpc) is 2.27. The maximum Gasteiger partial charge on any atom is 0.115 e. The zero-order chi connectivity index (χ0) is 11.5. The number of rotatable bonds is 2. The van der Waals surface area contributed by atoms with Crippen LogP contribution in [0.25, 0.3) is 0 Å². The number of nitrogens with zero attached hydrogens (tertiary/aromatic N) is 1. The Bertz CT molecular complexity index is 519. The molecule has 1 heterocycles. The van der Waals surface area contributed by atoms with E-state index in [4.69, 9.17) is 17.3 Å². The molecule has 0 aliphatic heterocycles. The highest BCUT2D eigenvalue weighted by atomic mass is 79.9. The minimum atomic E-state index is 0.670. The molecule has 1 aromatic heterocycles. The van der Waals surface area contributed by atoms with Gasteiger partial charge < -0.3 is 5.73 Å². The van der Waals surface area contributed by atoms with Crippen LogP contribution in [0.3, 0.4) is 0 Å². The lowest BCUT2D eigenvalue weighted by Crippen LogP contribution is -1.89. The molecule has 0 bridgehead atoms. The summed E-state index contributed by atoms with van der Waals surface area (Å²) in [7, 11) is 0. The summed E-state index contributed by atoms with van der Waals surface area (Å²) in [5, 5.41) is 1.54. The topological polar surface area (TPSA) is 38.9 Å². The molecule has 2 N–H and O–H groups in total. The molecule has 0 aliphatic carbocycles. The summed E-state index contributed by atoms with van der Waals surface area (Å²) in [6.07, 6.45) is 1.74. The van der Waals surface area contributed by atoms with Gasteiger partial charge in [-0.3, -0.25) is 0 Å². The normalized spacial score (nSPS) is 10.4. The smallest absolute Gasteiger partial charge is 0.115 e. The zero-order valence-electron chi connectivity index (χ0n) is 8.15. The minimum absolute atomic E-state index is 0.670. The van der Waals surface area contributed by atoms with Gasteiger partial charge in [-0.25, -0.2) is 4.98 Å². The number of anilines is 1. The van der Waals surface area contributed by atoms with Crippen molar-refractivity contribution in [1.82, 2.24) is 4.98 Å². The number of hydrogen-bond donors (Lipinski definition) is 1. The van der Waals surface area contributed by atoms with Gasteiger partial charge in [0.05, 0.1) is 4.47 Å². The van der Waals surface area contributed by atoms with Gasteiger partial charge in [-0.15, -0.1) is 0 Å². The summed E-state index contributed by atoms with van der Waals surface area (Å²) in [6.45, 7) is 0. The Morgan fingerprint density at radius 2 is 2.12 bits per heavy atom. The number of nitrogen functional groups attached to an aromatic ring is 1. The molecule has 0 fully saturated rings. The first kappa shape index (κ1) is 11.8. The van der Waals surface area contributed by atoms with E-state index in [-0.39, 0.29) is 0 Å². The van der Waals surface area contributed by atoms with Crippen LogP contribution >= 0.6 is 39.3 Å². The van der Waals surface area contributed by atoms with Crippen LogP contribution in [0.4, 0.5) is 5.69 Å². The van der Waals surface area contributed by atoms with E-state index in [1.54, 1.807) is 18.3 Å². The molecule has 2 aromatic rings. The van der Waals surface area contributed by atoms with Gasteiger partial charge in [0.25, 0.3) is 0 Å². The van der Waals surface area contributed by atoms with Gasteiger partial charge >= 0.3 is 0 Å². The highest BCUT2D eigenvalue weighted by Gasteiger charge is 2.06. The Balaban J connectivity index is 2.34. The Kier molecular flexibility index (Phi) is 3.74. The van der Waals surface area contributed by atoms with Crippen molar-refractivity contribution in [3.63, 3.8) is 0 Å². The molecule has 2 nitrogen and oxygen atoms in total. The van der Waals surface area contributed by atoms with E-state index in [1.165, 1.54) is 11.8 Å². The number of pyridine rings is 1. The van der Waals surface area contributed by atoms with E-state index in [0.717, 1.165) is 14.4 Å². The van der Waals surface area contributed by atoms with Gasteiger partial charge in [0, 0.05) is 21.8 Å². The second kappa shape index (κ2) is 5.08. The summed E-state index contributed by atoms with van der Waals surface area (Å²) in [5.74, 6) is 0. The van der Waals surface area contributed by atoms with E-state index in [1.807, 2.05) is 18.2 Å². The van der Waals surface area contributed by atoms with Crippen molar-refractivity contribution in [3.8, 4) is 0 Å². The summed E-state index contributed by atoms with van der Waals surface area (Å²) >= 11 is 10.8. The Morgan fingerprint density at radius 1 is 1.31 bits per heavy atom. The van der Waals surface area contributed by atoms with Crippen molar-refractivity contribution in [3.05, 3.63) is 46.0 Å². The van der Waals surface area contributed by atoms with Gasteiger partial charge in [0.15, 0.2) is 0 Å². The maximum atomic E-state index is 5.92. The van der Waals surface area contributed by atoms with Gasteiger partial charge in [-0.2, -0.15) is 0 Å². The molecule has 0 aliphatic rings. The zero-order valence-corrected chi connectivity index (χ0v) is 11.3. The van der Waals surface area contributed by atoms with Crippen LogP contribution in [0.5, 0.6) is 0 Å². The molecule has 5 heteroatoms. The average molecular weight is 316 g/mol. The second-order valence-corrected chi connectivity index (χ2v) is 5.40. The summed E-state index contributed by atoms with van der Waals surface area (Å²) in [4.78, 5) is 5.17. The second-order valence-electron chi connectivity index (χ2n) is 3.07. The fraction of sp³-hybridized carbons (Fsp3) is 0. The predicted octanol–water partition coefficient (Wildman–Crippen LogP) is 4.23. The molecule has 0 spiro atoms. The molecule has 0 saturated heterocycles. The Morgan fingerprint density at radius 3 is 2.88 bits per heavy atom. The van der Waals surface area contributed by atoms with E-state index in [2.05, 4.69) is 20.9 Å². The van der Waals surface area contributed by atoms with Crippen LogP contribution in [0.15, 0.2) is 50.9 Å². The molecule has 2 rings (SSSR count). The van der Waals surface area contributed by atoms with Crippen molar-refractivity contribution in [1.29, 1.82) is 0 Å². The first-order chi connectivity index (χ1) is 7.66. The molecule has 0 saturated carbocycles. The monoisotopic (exact) mass is 314 g/mol. The van der Waals surface area contributed by atoms with Crippen molar-refractivity contribution < 1.29 is 0 Å². The number of nitrogens with two attached hydrogens (primary N) is 1. The molecular formula is C11H8BrClN2S. The Hall–Kier alpha value is -0.710. The minimum Gasteiger partial charge on any atom is -0.398 e. The summed E-state index contributed by atoms with van der Waals surface area (Å²) in [5.41, 5.74) is 6.57. The molecule has 0 unspecified atom stereocenters. The first-order valence-corrected chi connectivity index (χ1v) is 6.49. The van der Waals surface area contributed by atoms with Crippen molar-refractivity contribution in [2.24, 2.45) is 0 Å². The highest BCUT2D eigenvalue weighted by Crippen LogP contribution is 2.35. The van der Waals surface area contributed by atoms with E-state index in [0.29, 0.717) is 10.7 Å². The number of aromatic nitrogens is 1. The molecule has 16 heavy (non-hydrogen) atoms. The van der Waals surface area contributed by atoms with Crippen LogP contribution in [-0.2, 0) is 0 Å². The van der Waals surface area contributed by atoms with Crippen LogP contribution < -0.4 is 5.73 Å². The van der Waals surface area contributed by atoms with Crippen molar-refractivity contribution >= 4 is 45.0 Å². The molecule has 82 valence electrons.